The molecule has 1 saturated heterocycles. The first kappa shape index (κ1) is 7.98. The third kappa shape index (κ3) is 2.25. The van der Waals surface area contributed by atoms with E-state index in [1.54, 1.807) is 7.11 Å². The van der Waals surface area contributed by atoms with E-state index in [1.807, 2.05) is 0 Å². The molecule has 1 N–H and O–H groups in total. The average molecular weight is 145 g/mol. The van der Waals surface area contributed by atoms with Crippen molar-refractivity contribution < 1.29 is 14.6 Å². The van der Waals surface area contributed by atoms with Gasteiger partial charge in [0.15, 0.2) is 0 Å². The Labute approximate surface area is 61.9 Å². The van der Waals surface area contributed by atoms with Crippen molar-refractivity contribution in [2.45, 2.75) is 6.42 Å². The molecule has 0 aliphatic carbocycles. The molecule has 2 atom stereocenters. The third-order valence-electron chi connectivity index (χ3n) is 1.83. The summed E-state index contributed by atoms with van der Waals surface area (Å²) in [5, 5.41) is 0.871. The molecular weight excluding hydrogens is 130 g/mol. The Balaban J connectivity index is 2.11. The zero-order valence-electron chi connectivity index (χ0n) is 6.43. The Hall–Kier alpha value is -0.120. The predicted molar refractivity (Wildman–Crippen MR) is 37.1 cm³/mol. The molecule has 1 rings (SSSR count). The summed E-state index contributed by atoms with van der Waals surface area (Å²) in [4.78, 5) is 4.96. The Kier molecular flexibility index (Phi) is 3.12. The predicted octanol–water partition coefficient (Wildman–Crippen LogP) is -0.739. The fourth-order valence-corrected chi connectivity index (χ4v) is 1.15. The molecule has 2 unspecified atom stereocenters. The number of rotatable bonds is 3. The van der Waals surface area contributed by atoms with Crippen molar-refractivity contribution in [1.82, 2.24) is 0 Å². The molecule has 0 bridgehead atoms. The first-order chi connectivity index (χ1) is 4.83. The van der Waals surface area contributed by atoms with Crippen LogP contribution in [0.2, 0.25) is 0 Å². The quantitative estimate of drug-likeness (QED) is 0.417. The fourth-order valence-electron chi connectivity index (χ4n) is 1.15. The fraction of sp³-hybridized carbons (Fsp3) is 0.857. The highest BCUT2D eigenvalue weighted by Gasteiger charge is 2.17. The van der Waals surface area contributed by atoms with Crippen LogP contribution in [0.1, 0.15) is 6.42 Å². The van der Waals surface area contributed by atoms with E-state index in [2.05, 4.69) is 7.05 Å². The van der Waals surface area contributed by atoms with Gasteiger partial charge in [-0.25, -0.2) is 4.84 Å². The Bertz CT molecular complexity index is 91.6. The van der Waals surface area contributed by atoms with Gasteiger partial charge in [-0.1, -0.05) is 0 Å². The standard InChI is InChI=1S/C7H15NO2/c1-8(9-2)5-7-3-4-10-6-7/h7-8H,1,3-6H2,2H3. The first-order valence-electron chi connectivity index (χ1n) is 3.62. The number of nitrogens with one attached hydrogen (secondary N) is 1. The van der Waals surface area contributed by atoms with Crippen LogP contribution < -0.4 is 5.06 Å². The van der Waals surface area contributed by atoms with E-state index in [9.17, 15) is 0 Å². The van der Waals surface area contributed by atoms with E-state index in [0.717, 1.165) is 31.2 Å². The van der Waals surface area contributed by atoms with Crippen molar-refractivity contribution >= 4 is 0 Å². The van der Waals surface area contributed by atoms with Crippen molar-refractivity contribution in [3.63, 3.8) is 0 Å². The SMILES string of the molecule is [CH2-][NH+](CC1CCOC1)OC. The second-order valence-corrected chi connectivity index (χ2v) is 2.68. The molecule has 0 radical (unpaired) electrons. The average Bonchev–Trinajstić information content (AvgIpc) is 2.40. The van der Waals surface area contributed by atoms with E-state index >= 15 is 0 Å². The largest absolute Gasteiger partial charge is 0.381 e. The molecule has 60 valence electrons. The number of hydrogen-bond acceptors (Lipinski definition) is 2. The molecule has 0 aromatic heterocycles. The van der Waals surface area contributed by atoms with Gasteiger partial charge in [0, 0.05) is 12.5 Å². The lowest BCUT2D eigenvalue weighted by molar-refractivity contribution is -1.05. The van der Waals surface area contributed by atoms with E-state index in [0.29, 0.717) is 5.92 Å². The summed E-state index contributed by atoms with van der Waals surface area (Å²) in [6, 6.07) is 0. The zero-order chi connectivity index (χ0) is 7.40. The topological polar surface area (TPSA) is 22.9 Å². The molecule has 1 heterocycles. The van der Waals surface area contributed by atoms with E-state index in [4.69, 9.17) is 9.57 Å². The summed E-state index contributed by atoms with van der Waals surface area (Å²) in [5.74, 6) is 0.646. The van der Waals surface area contributed by atoms with Crippen molar-refractivity contribution in [3.05, 3.63) is 7.05 Å². The highest BCUT2D eigenvalue weighted by Crippen LogP contribution is 2.09. The number of hydrogen-bond donors (Lipinski definition) is 1. The van der Waals surface area contributed by atoms with Gasteiger partial charge < -0.3 is 9.80 Å². The van der Waals surface area contributed by atoms with Gasteiger partial charge in [0.05, 0.1) is 20.3 Å². The molecule has 3 nitrogen and oxygen atoms in total. The summed E-state index contributed by atoms with van der Waals surface area (Å²) in [6.45, 7) is 2.74. The van der Waals surface area contributed by atoms with Gasteiger partial charge in [0.2, 0.25) is 0 Å². The smallest absolute Gasteiger partial charge is 0.0921 e. The van der Waals surface area contributed by atoms with Crippen LogP contribution in [0, 0.1) is 13.0 Å². The first-order valence-corrected chi connectivity index (χ1v) is 3.62. The van der Waals surface area contributed by atoms with Crippen LogP contribution in [0.15, 0.2) is 0 Å². The van der Waals surface area contributed by atoms with Crippen LogP contribution in [-0.4, -0.2) is 26.9 Å². The van der Waals surface area contributed by atoms with Gasteiger partial charge in [0.1, 0.15) is 0 Å². The maximum Gasteiger partial charge on any atom is 0.0921 e. The molecule has 0 aromatic carbocycles. The monoisotopic (exact) mass is 145 g/mol. The minimum atomic E-state index is 0.646. The summed E-state index contributed by atoms with van der Waals surface area (Å²) >= 11 is 0. The molecule has 1 fully saturated rings. The van der Waals surface area contributed by atoms with Gasteiger partial charge in [-0.2, -0.15) is 0 Å². The maximum absolute atomic E-state index is 5.21. The van der Waals surface area contributed by atoms with Crippen molar-refractivity contribution in [2.24, 2.45) is 5.92 Å². The summed E-state index contributed by atoms with van der Waals surface area (Å²) in [6.07, 6.45) is 1.16. The highest BCUT2D eigenvalue weighted by atomic mass is 16.7. The second kappa shape index (κ2) is 3.91. The summed E-state index contributed by atoms with van der Waals surface area (Å²) in [5.41, 5.74) is 0. The number of ether oxygens (including phenoxy) is 1. The third-order valence-corrected chi connectivity index (χ3v) is 1.83. The molecule has 10 heavy (non-hydrogen) atoms. The molecule has 0 aromatic rings. The molecule has 0 saturated carbocycles. The number of hydroxylamine groups is 2. The van der Waals surface area contributed by atoms with Crippen LogP contribution in [0.25, 0.3) is 0 Å². The highest BCUT2D eigenvalue weighted by molar-refractivity contribution is 4.61. The van der Waals surface area contributed by atoms with Crippen LogP contribution in [0.3, 0.4) is 0 Å². The molecule has 0 spiro atoms. The lowest BCUT2D eigenvalue weighted by Crippen LogP contribution is -3.06. The molecule has 0 amide bonds. The van der Waals surface area contributed by atoms with Crippen LogP contribution in [0.4, 0.5) is 0 Å². The van der Waals surface area contributed by atoms with E-state index < -0.39 is 0 Å². The number of quaternary nitrogens is 1. The minimum absolute atomic E-state index is 0.646. The molecule has 1 aliphatic heterocycles. The molecule has 3 heteroatoms. The summed E-state index contributed by atoms with van der Waals surface area (Å²) in [7, 11) is 5.42. The van der Waals surface area contributed by atoms with Gasteiger partial charge in [-0.05, 0) is 6.42 Å². The Morgan fingerprint density at radius 1 is 1.80 bits per heavy atom. The Morgan fingerprint density at radius 2 is 2.60 bits per heavy atom. The molecule has 1 aliphatic rings. The second-order valence-electron chi connectivity index (χ2n) is 2.68. The van der Waals surface area contributed by atoms with Crippen LogP contribution in [0.5, 0.6) is 0 Å². The van der Waals surface area contributed by atoms with Gasteiger partial charge in [-0.3, -0.25) is 0 Å². The van der Waals surface area contributed by atoms with Crippen molar-refractivity contribution in [2.75, 3.05) is 26.9 Å². The maximum atomic E-state index is 5.21. The lowest BCUT2D eigenvalue weighted by atomic mass is 10.1. The van der Waals surface area contributed by atoms with Gasteiger partial charge in [0.25, 0.3) is 0 Å². The van der Waals surface area contributed by atoms with Gasteiger partial charge >= 0.3 is 0 Å². The van der Waals surface area contributed by atoms with Crippen LogP contribution >= 0.6 is 0 Å². The minimum Gasteiger partial charge on any atom is -0.381 e. The van der Waals surface area contributed by atoms with Crippen molar-refractivity contribution in [3.8, 4) is 0 Å². The van der Waals surface area contributed by atoms with Gasteiger partial charge in [-0.15, -0.1) is 7.05 Å². The molecular formula is C7H15NO2. The Morgan fingerprint density at radius 3 is 3.10 bits per heavy atom. The van der Waals surface area contributed by atoms with Crippen molar-refractivity contribution in [1.29, 1.82) is 0 Å². The van der Waals surface area contributed by atoms with E-state index in [1.165, 1.54) is 0 Å². The normalized spacial score (nSPS) is 28.8. The summed E-state index contributed by atoms with van der Waals surface area (Å²) < 4.78 is 5.21. The zero-order valence-corrected chi connectivity index (χ0v) is 6.43. The van der Waals surface area contributed by atoms with Crippen LogP contribution in [-0.2, 0) is 9.57 Å². The van der Waals surface area contributed by atoms with E-state index in [-0.39, 0.29) is 0 Å². The lowest BCUT2D eigenvalue weighted by Gasteiger charge is -2.18.